The molecule has 2 aromatic heterocycles. The van der Waals surface area contributed by atoms with E-state index in [9.17, 15) is 4.79 Å². The largest absolute Gasteiger partial charge is 0.320 e. The van der Waals surface area contributed by atoms with Gasteiger partial charge in [0.25, 0.3) is 5.91 Å². The van der Waals surface area contributed by atoms with Crippen molar-refractivity contribution in [2.45, 2.75) is 6.54 Å². The second kappa shape index (κ2) is 6.52. The number of aromatic nitrogens is 4. The summed E-state index contributed by atoms with van der Waals surface area (Å²) >= 11 is 0. The minimum Gasteiger partial charge on any atom is -0.320 e. The highest BCUT2D eigenvalue weighted by atomic mass is 16.1. The van der Waals surface area contributed by atoms with E-state index in [4.69, 9.17) is 0 Å². The van der Waals surface area contributed by atoms with Gasteiger partial charge < -0.3 is 5.32 Å². The first kappa shape index (κ1) is 15.0. The van der Waals surface area contributed by atoms with E-state index in [0.717, 1.165) is 16.8 Å². The van der Waals surface area contributed by atoms with Gasteiger partial charge in [-0.15, -0.1) is 0 Å². The monoisotopic (exact) mass is 329 g/mol. The summed E-state index contributed by atoms with van der Waals surface area (Å²) in [6.45, 7) is 0.576. The molecule has 122 valence electrons. The number of rotatable bonds is 4. The van der Waals surface area contributed by atoms with Crippen molar-refractivity contribution >= 4 is 22.6 Å². The van der Waals surface area contributed by atoms with E-state index in [0.29, 0.717) is 12.1 Å². The lowest BCUT2D eigenvalue weighted by molar-refractivity contribution is 0.102. The molecule has 0 saturated carbocycles. The molecule has 0 aliphatic rings. The van der Waals surface area contributed by atoms with Gasteiger partial charge in [-0.25, -0.2) is 4.98 Å². The van der Waals surface area contributed by atoms with E-state index in [-0.39, 0.29) is 11.6 Å². The maximum absolute atomic E-state index is 12.6. The Kier molecular flexibility index (Phi) is 3.92. The molecule has 4 rings (SSSR count). The van der Waals surface area contributed by atoms with Crippen LogP contribution in [0.3, 0.4) is 0 Å². The van der Waals surface area contributed by atoms with E-state index in [1.165, 1.54) is 6.20 Å². The summed E-state index contributed by atoms with van der Waals surface area (Å²) in [6, 6.07) is 17.0. The molecule has 25 heavy (non-hydrogen) atoms. The van der Waals surface area contributed by atoms with Crippen molar-refractivity contribution < 1.29 is 4.79 Å². The van der Waals surface area contributed by atoms with Gasteiger partial charge in [0.2, 0.25) is 0 Å². The standard InChI is InChI=1S/C19H15N5O/c25-19(18-12-20-16-8-3-4-9-17(16)22-18)23-15-7-2-1-6-14(15)13-24-11-5-10-21-24/h1-12H,13H2,(H,23,25). The maximum Gasteiger partial charge on any atom is 0.275 e. The number of carbonyl (C=O) groups excluding carboxylic acids is 1. The quantitative estimate of drug-likeness (QED) is 0.624. The van der Waals surface area contributed by atoms with Crippen molar-refractivity contribution in [2.24, 2.45) is 0 Å². The number of nitrogens with one attached hydrogen (secondary N) is 1. The van der Waals surface area contributed by atoms with E-state index in [1.54, 1.807) is 10.9 Å². The molecular weight excluding hydrogens is 314 g/mol. The van der Waals surface area contributed by atoms with E-state index < -0.39 is 0 Å². The Bertz CT molecular complexity index is 1030. The summed E-state index contributed by atoms with van der Waals surface area (Å²) < 4.78 is 1.81. The number of nitrogens with zero attached hydrogens (tertiary/aromatic N) is 4. The number of benzene rings is 2. The third kappa shape index (κ3) is 3.23. The van der Waals surface area contributed by atoms with Gasteiger partial charge >= 0.3 is 0 Å². The molecule has 6 heteroatoms. The summed E-state index contributed by atoms with van der Waals surface area (Å²) in [6.07, 6.45) is 5.10. The van der Waals surface area contributed by atoms with Crippen LogP contribution in [-0.2, 0) is 6.54 Å². The van der Waals surface area contributed by atoms with Gasteiger partial charge in [-0.3, -0.25) is 14.5 Å². The minimum absolute atomic E-state index is 0.285. The zero-order chi connectivity index (χ0) is 17.1. The molecule has 1 N–H and O–H groups in total. The highest BCUT2D eigenvalue weighted by Crippen LogP contribution is 2.17. The van der Waals surface area contributed by atoms with E-state index in [1.807, 2.05) is 60.8 Å². The fraction of sp³-hybridized carbons (Fsp3) is 0.0526. The summed E-state index contributed by atoms with van der Waals surface area (Å²) in [5, 5.41) is 7.13. The van der Waals surface area contributed by atoms with Gasteiger partial charge in [0, 0.05) is 18.1 Å². The van der Waals surface area contributed by atoms with Crippen LogP contribution in [0, 0.1) is 0 Å². The molecule has 0 fully saturated rings. The molecule has 0 spiro atoms. The number of hydrogen-bond donors (Lipinski definition) is 1. The van der Waals surface area contributed by atoms with Gasteiger partial charge in [0.1, 0.15) is 5.69 Å². The van der Waals surface area contributed by atoms with Crippen LogP contribution >= 0.6 is 0 Å². The first-order valence-electron chi connectivity index (χ1n) is 7.88. The van der Waals surface area contributed by atoms with Crippen LogP contribution < -0.4 is 5.32 Å². The molecule has 0 radical (unpaired) electrons. The van der Waals surface area contributed by atoms with Gasteiger partial charge in [0.05, 0.1) is 23.8 Å². The second-order valence-electron chi connectivity index (χ2n) is 5.56. The van der Waals surface area contributed by atoms with Crippen molar-refractivity contribution in [1.29, 1.82) is 0 Å². The van der Waals surface area contributed by atoms with Crippen LogP contribution in [0.25, 0.3) is 11.0 Å². The Morgan fingerprint density at radius 2 is 1.80 bits per heavy atom. The predicted octanol–water partition coefficient (Wildman–Crippen LogP) is 3.13. The third-order valence-corrected chi connectivity index (χ3v) is 3.84. The van der Waals surface area contributed by atoms with Gasteiger partial charge in [-0.05, 0) is 29.8 Å². The molecule has 2 heterocycles. The van der Waals surface area contributed by atoms with E-state index >= 15 is 0 Å². The number of anilines is 1. The number of amides is 1. The lowest BCUT2D eigenvalue weighted by Crippen LogP contribution is -2.16. The Morgan fingerprint density at radius 1 is 1.00 bits per heavy atom. The predicted molar refractivity (Wildman–Crippen MR) is 95.3 cm³/mol. The Hall–Kier alpha value is -3.54. The molecule has 6 nitrogen and oxygen atoms in total. The molecular formula is C19H15N5O. The Morgan fingerprint density at radius 3 is 2.64 bits per heavy atom. The number of para-hydroxylation sites is 3. The van der Waals surface area contributed by atoms with Crippen molar-refractivity contribution in [3.05, 3.63) is 84.4 Å². The minimum atomic E-state index is -0.286. The van der Waals surface area contributed by atoms with Crippen LogP contribution in [0.5, 0.6) is 0 Å². The Balaban J connectivity index is 1.59. The van der Waals surface area contributed by atoms with Crippen LogP contribution in [0.15, 0.2) is 73.2 Å². The normalized spacial score (nSPS) is 10.7. The van der Waals surface area contributed by atoms with Crippen LogP contribution in [-0.4, -0.2) is 25.7 Å². The molecule has 1 amide bonds. The first-order valence-corrected chi connectivity index (χ1v) is 7.88. The van der Waals surface area contributed by atoms with Crippen molar-refractivity contribution in [1.82, 2.24) is 19.7 Å². The highest BCUT2D eigenvalue weighted by Gasteiger charge is 2.12. The lowest BCUT2D eigenvalue weighted by Gasteiger charge is -2.11. The Labute approximate surface area is 144 Å². The lowest BCUT2D eigenvalue weighted by atomic mass is 10.1. The number of carbonyl (C=O) groups is 1. The average Bonchev–Trinajstić information content (AvgIpc) is 3.16. The van der Waals surface area contributed by atoms with Crippen LogP contribution in [0.1, 0.15) is 16.1 Å². The smallest absolute Gasteiger partial charge is 0.275 e. The number of fused-ring (bicyclic) bond motifs is 1. The molecule has 0 bridgehead atoms. The van der Waals surface area contributed by atoms with Crippen molar-refractivity contribution in [3.63, 3.8) is 0 Å². The first-order chi connectivity index (χ1) is 12.3. The molecule has 0 saturated heterocycles. The molecule has 2 aromatic carbocycles. The van der Waals surface area contributed by atoms with Crippen molar-refractivity contribution in [2.75, 3.05) is 5.32 Å². The molecule has 0 unspecified atom stereocenters. The average molecular weight is 329 g/mol. The fourth-order valence-electron chi connectivity index (χ4n) is 2.60. The molecule has 0 aliphatic carbocycles. The van der Waals surface area contributed by atoms with Gasteiger partial charge in [-0.1, -0.05) is 30.3 Å². The maximum atomic E-state index is 12.6. The topological polar surface area (TPSA) is 72.7 Å². The highest BCUT2D eigenvalue weighted by molar-refractivity contribution is 6.03. The SMILES string of the molecule is O=C(Nc1ccccc1Cn1cccn1)c1cnc2ccccc2n1. The van der Waals surface area contributed by atoms with Crippen LogP contribution in [0.2, 0.25) is 0 Å². The van der Waals surface area contributed by atoms with Crippen molar-refractivity contribution in [3.8, 4) is 0 Å². The fourth-order valence-corrected chi connectivity index (χ4v) is 2.60. The summed E-state index contributed by atoms with van der Waals surface area (Å²) in [5.74, 6) is -0.286. The summed E-state index contributed by atoms with van der Waals surface area (Å²) in [4.78, 5) is 21.3. The van der Waals surface area contributed by atoms with Gasteiger partial charge in [0.15, 0.2) is 0 Å². The van der Waals surface area contributed by atoms with E-state index in [2.05, 4.69) is 20.4 Å². The molecule has 0 aliphatic heterocycles. The third-order valence-electron chi connectivity index (χ3n) is 3.84. The molecule has 0 atom stereocenters. The molecule has 4 aromatic rings. The number of hydrogen-bond acceptors (Lipinski definition) is 4. The van der Waals surface area contributed by atoms with Gasteiger partial charge in [-0.2, -0.15) is 5.10 Å². The summed E-state index contributed by atoms with van der Waals surface area (Å²) in [7, 11) is 0. The zero-order valence-electron chi connectivity index (χ0n) is 13.3. The van der Waals surface area contributed by atoms with Crippen LogP contribution in [0.4, 0.5) is 5.69 Å². The zero-order valence-corrected chi connectivity index (χ0v) is 13.3. The summed E-state index contributed by atoms with van der Waals surface area (Å²) in [5.41, 5.74) is 3.44. The second-order valence-corrected chi connectivity index (χ2v) is 5.56.